The molecule has 0 aliphatic carbocycles. The van der Waals surface area contributed by atoms with Gasteiger partial charge in [0.1, 0.15) is 0 Å². The van der Waals surface area contributed by atoms with Gasteiger partial charge in [-0.1, -0.05) is 60.6 Å². The second-order valence-corrected chi connectivity index (χ2v) is 6.44. The van der Waals surface area contributed by atoms with Crippen LogP contribution in [0, 0.1) is 10.8 Å². The van der Waals surface area contributed by atoms with Crippen molar-refractivity contribution >= 4 is 12.6 Å². The molecule has 0 spiro atoms. The monoisotopic (exact) mass is 283 g/mol. The van der Waals surface area contributed by atoms with Crippen molar-refractivity contribution in [3.8, 4) is 0 Å². The van der Waals surface area contributed by atoms with E-state index in [1.807, 2.05) is 20.9 Å². The Hall–Kier alpha value is -0.630. The van der Waals surface area contributed by atoms with Crippen LogP contribution in [0.2, 0.25) is 0 Å². The Morgan fingerprint density at radius 1 is 1.11 bits per heavy atom. The summed E-state index contributed by atoms with van der Waals surface area (Å²) < 4.78 is 0. The van der Waals surface area contributed by atoms with Gasteiger partial charge in [0.25, 0.3) is 0 Å². The van der Waals surface area contributed by atoms with Gasteiger partial charge in [-0.3, -0.25) is 0 Å². The molecule has 112 valence electrons. The molecule has 1 N–H and O–H groups in total. The quantitative estimate of drug-likeness (QED) is 0.507. The summed E-state index contributed by atoms with van der Waals surface area (Å²) in [6.07, 6.45) is 3.91. The number of hydrogen-bond acceptors (Lipinski definition) is 2. The molecule has 0 aliphatic heterocycles. The first-order chi connectivity index (χ1) is 8.57. The number of likely N-dealkylation sites (N-methyl/N-ethyl adjacent to an activating group) is 1. The highest BCUT2D eigenvalue weighted by Crippen LogP contribution is 2.44. The average molecular weight is 284 g/mol. The fraction of sp³-hybridized carbons (Fsp3) is 0.647. The van der Waals surface area contributed by atoms with Crippen LogP contribution in [0.15, 0.2) is 34.9 Å². The molecule has 1 nitrogen and oxygen atoms in total. The van der Waals surface area contributed by atoms with Gasteiger partial charge in [-0.15, -0.1) is 12.6 Å². The smallest absolute Gasteiger partial charge is 0.0467 e. The Kier molecular flexibility index (Phi) is 9.28. The van der Waals surface area contributed by atoms with Crippen molar-refractivity contribution in [2.24, 2.45) is 10.8 Å². The molecular formula is C17H33NS. The molecule has 0 aromatic heterocycles. The van der Waals surface area contributed by atoms with E-state index in [4.69, 9.17) is 0 Å². The predicted octanol–water partition coefficient (Wildman–Crippen LogP) is 5.58. The molecule has 0 unspecified atom stereocenters. The van der Waals surface area contributed by atoms with Crippen LogP contribution in [0.4, 0.5) is 0 Å². The Balaban J connectivity index is 0. The molecule has 0 aliphatic rings. The standard InChI is InChI=1S/C15H27NS.C2H6/c1-9-12(16-8)13(17)10-11(2)15(6,7)14(3,4)5;1-2/h9-10,16-17H,1H2,2-8H3;1-2H3/b11-10+,13-12-;. The lowest BCUT2D eigenvalue weighted by Crippen LogP contribution is -2.30. The fourth-order valence-corrected chi connectivity index (χ4v) is 1.79. The lowest BCUT2D eigenvalue weighted by atomic mass is 9.65. The van der Waals surface area contributed by atoms with Crippen LogP contribution in [0.25, 0.3) is 0 Å². The Morgan fingerprint density at radius 2 is 1.53 bits per heavy atom. The first-order valence-electron chi connectivity index (χ1n) is 7.00. The number of thiol groups is 1. The number of nitrogens with one attached hydrogen (secondary N) is 1. The molecule has 0 fully saturated rings. The minimum absolute atomic E-state index is 0.126. The molecule has 0 aromatic carbocycles. The molecule has 0 saturated heterocycles. The van der Waals surface area contributed by atoms with Gasteiger partial charge in [0, 0.05) is 17.6 Å². The summed E-state index contributed by atoms with van der Waals surface area (Å²) >= 11 is 4.52. The molecule has 0 amide bonds. The molecule has 19 heavy (non-hydrogen) atoms. The van der Waals surface area contributed by atoms with Gasteiger partial charge in [0.05, 0.1) is 0 Å². The average Bonchev–Trinajstić information content (AvgIpc) is 2.31. The van der Waals surface area contributed by atoms with E-state index in [0.29, 0.717) is 0 Å². The number of allylic oxidation sites excluding steroid dienone is 3. The summed E-state index contributed by atoms with van der Waals surface area (Å²) in [5, 5.41) is 3.09. The third kappa shape index (κ3) is 5.90. The van der Waals surface area contributed by atoms with E-state index in [1.54, 1.807) is 6.08 Å². The predicted molar refractivity (Wildman–Crippen MR) is 93.6 cm³/mol. The van der Waals surface area contributed by atoms with E-state index in [9.17, 15) is 0 Å². The van der Waals surface area contributed by atoms with Gasteiger partial charge < -0.3 is 5.32 Å². The first-order valence-corrected chi connectivity index (χ1v) is 7.45. The molecule has 0 atom stereocenters. The fourth-order valence-electron chi connectivity index (χ4n) is 1.39. The van der Waals surface area contributed by atoms with Gasteiger partial charge in [-0.2, -0.15) is 0 Å². The van der Waals surface area contributed by atoms with E-state index < -0.39 is 0 Å². The highest BCUT2D eigenvalue weighted by Gasteiger charge is 2.34. The van der Waals surface area contributed by atoms with Gasteiger partial charge in [-0.05, 0) is 29.9 Å². The zero-order valence-electron chi connectivity index (χ0n) is 14.3. The van der Waals surface area contributed by atoms with Crippen LogP contribution in [0.5, 0.6) is 0 Å². The van der Waals surface area contributed by atoms with Crippen LogP contribution in [0.1, 0.15) is 55.4 Å². The van der Waals surface area contributed by atoms with E-state index in [1.165, 1.54) is 5.57 Å². The zero-order valence-corrected chi connectivity index (χ0v) is 15.2. The van der Waals surface area contributed by atoms with Crippen molar-refractivity contribution in [2.75, 3.05) is 7.05 Å². The second-order valence-electron chi connectivity index (χ2n) is 5.96. The van der Waals surface area contributed by atoms with E-state index in [0.717, 1.165) is 10.6 Å². The SMILES string of the molecule is C=C/C(NC)=C(S)\C=C(/C)C(C)(C)C(C)(C)C.CC. The first kappa shape index (κ1) is 20.7. The van der Waals surface area contributed by atoms with E-state index in [2.05, 4.69) is 72.1 Å². The topological polar surface area (TPSA) is 12.0 Å². The zero-order chi connectivity index (χ0) is 15.9. The Morgan fingerprint density at radius 3 is 1.79 bits per heavy atom. The van der Waals surface area contributed by atoms with Crippen molar-refractivity contribution in [3.63, 3.8) is 0 Å². The van der Waals surface area contributed by atoms with Crippen molar-refractivity contribution < 1.29 is 0 Å². The lowest BCUT2D eigenvalue weighted by molar-refractivity contribution is 0.177. The van der Waals surface area contributed by atoms with Crippen LogP contribution < -0.4 is 5.32 Å². The molecule has 0 aromatic rings. The van der Waals surface area contributed by atoms with Crippen LogP contribution in [0.3, 0.4) is 0 Å². The van der Waals surface area contributed by atoms with E-state index in [-0.39, 0.29) is 10.8 Å². The van der Waals surface area contributed by atoms with Gasteiger partial charge >= 0.3 is 0 Å². The van der Waals surface area contributed by atoms with E-state index >= 15 is 0 Å². The summed E-state index contributed by atoms with van der Waals surface area (Å²) in [6.45, 7) is 21.3. The molecule has 0 radical (unpaired) electrons. The maximum Gasteiger partial charge on any atom is 0.0467 e. The molecule has 2 heteroatoms. The largest absolute Gasteiger partial charge is 0.387 e. The molecular weight excluding hydrogens is 250 g/mol. The van der Waals surface area contributed by atoms with Crippen molar-refractivity contribution in [1.29, 1.82) is 0 Å². The Bertz CT molecular complexity index is 341. The maximum absolute atomic E-state index is 4.52. The number of hydrogen-bond donors (Lipinski definition) is 2. The molecule has 0 heterocycles. The Labute approximate surface area is 126 Å². The summed E-state index contributed by atoms with van der Waals surface area (Å²) in [5.41, 5.74) is 2.62. The maximum atomic E-state index is 4.52. The minimum Gasteiger partial charge on any atom is -0.387 e. The summed E-state index contributed by atoms with van der Waals surface area (Å²) in [7, 11) is 1.88. The van der Waals surface area contributed by atoms with Crippen LogP contribution >= 0.6 is 12.6 Å². The summed E-state index contributed by atoms with van der Waals surface area (Å²) in [4.78, 5) is 0.928. The third-order valence-corrected chi connectivity index (χ3v) is 4.33. The van der Waals surface area contributed by atoms with Crippen molar-refractivity contribution in [1.82, 2.24) is 5.32 Å². The highest BCUT2D eigenvalue weighted by molar-refractivity contribution is 7.84. The third-order valence-electron chi connectivity index (χ3n) is 3.96. The number of rotatable bonds is 4. The molecule has 0 saturated carbocycles. The summed E-state index contributed by atoms with van der Waals surface area (Å²) in [6, 6.07) is 0. The van der Waals surface area contributed by atoms with Crippen LogP contribution in [-0.4, -0.2) is 7.05 Å². The molecule has 0 rings (SSSR count). The van der Waals surface area contributed by atoms with Gasteiger partial charge in [-0.25, -0.2) is 0 Å². The normalized spacial score (nSPS) is 14.1. The van der Waals surface area contributed by atoms with Gasteiger partial charge in [0.15, 0.2) is 0 Å². The van der Waals surface area contributed by atoms with Crippen molar-refractivity contribution in [2.45, 2.75) is 55.4 Å². The molecule has 0 bridgehead atoms. The minimum atomic E-state index is 0.126. The second kappa shape index (κ2) is 8.52. The lowest BCUT2D eigenvalue weighted by Gasteiger charge is -2.40. The van der Waals surface area contributed by atoms with Crippen LogP contribution in [-0.2, 0) is 0 Å². The van der Waals surface area contributed by atoms with Gasteiger partial charge in [0.2, 0.25) is 0 Å². The van der Waals surface area contributed by atoms with Crippen molar-refractivity contribution in [3.05, 3.63) is 34.9 Å². The highest BCUT2D eigenvalue weighted by atomic mass is 32.1. The summed E-state index contributed by atoms with van der Waals surface area (Å²) in [5.74, 6) is 0.